The minimum atomic E-state index is 0.145. The number of hydrogen-bond donors (Lipinski definition) is 1. The Kier molecular flexibility index (Phi) is 1.28. The molecular formula is C7H11NO2. The highest BCUT2D eigenvalue weighted by Gasteiger charge is 2.39. The van der Waals surface area contributed by atoms with Crippen LogP contribution >= 0.6 is 0 Å². The summed E-state index contributed by atoms with van der Waals surface area (Å²) in [4.78, 5) is 10.9. The Morgan fingerprint density at radius 2 is 1.80 bits per heavy atom. The van der Waals surface area contributed by atoms with Crippen molar-refractivity contribution in [3.8, 4) is 0 Å². The molecule has 10 heavy (non-hydrogen) atoms. The molecule has 0 radical (unpaired) electrons. The molecule has 2 heterocycles. The molecule has 3 nitrogen and oxygen atoms in total. The molecule has 2 atom stereocenters. The molecule has 0 aromatic rings. The summed E-state index contributed by atoms with van der Waals surface area (Å²) in [6.45, 7) is 0. The molecule has 2 aliphatic heterocycles. The molecular weight excluding hydrogens is 130 g/mol. The molecule has 0 aromatic heterocycles. The quantitative estimate of drug-likeness (QED) is 0.536. The maximum Gasteiger partial charge on any atom is 0.136 e. The van der Waals surface area contributed by atoms with Crippen LogP contribution in [0.3, 0.4) is 0 Å². The summed E-state index contributed by atoms with van der Waals surface area (Å²) in [6, 6.07) is 0.289. The SMILES string of the molecule is O=C1C[C@@H]2CC[C@@H](C1)N2O. The van der Waals surface area contributed by atoms with Crippen molar-refractivity contribution in [2.24, 2.45) is 0 Å². The second-order valence-electron chi connectivity index (χ2n) is 3.21. The topological polar surface area (TPSA) is 40.5 Å². The molecule has 56 valence electrons. The Morgan fingerprint density at radius 1 is 1.30 bits per heavy atom. The van der Waals surface area contributed by atoms with Gasteiger partial charge >= 0.3 is 0 Å². The van der Waals surface area contributed by atoms with Crippen molar-refractivity contribution in [1.29, 1.82) is 0 Å². The van der Waals surface area contributed by atoms with Crippen molar-refractivity contribution in [2.45, 2.75) is 37.8 Å². The second kappa shape index (κ2) is 2.04. The highest BCUT2D eigenvalue weighted by molar-refractivity contribution is 5.80. The molecule has 0 unspecified atom stereocenters. The van der Waals surface area contributed by atoms with Gasteiger partial charge in [-0.05, 0) is 12.8 Å². The average Bonchev–Trinajstić information content (AvgIpc) is 2.20. The number of fused-ring (bicyclic) bond motifs is 2. The summed E-state index contributed by atoms with van der Waals surface area (Å²) in [5, 5.41) is 10.7. The van der Waals surface area contributed by atoms with Gasteiger partial charge in [-0.15, -0.1) is 0 Å². The third-order valence-corrected chi connectivity index (χ3v) is 2.51. The summed E-state index contributed by atoms with van der Waals surface area (Å²) in [7, 11) is 0. The molecule has 0 aromatic carbocycles. The number of hydrogen-bond acceptors (Lipinski definition) is 3. The monoisotopic (exact) mass is 141 g/mol. The normalized spacial score (nSPS) is 40.7. The average molecular weight is 141 g/mol. The van der Waals surface area contributed by atoms with E-state index in [1.165, 1.54) is 5.06 Å². The van der Waals surface area contributed by atoms with E-state index >= 15 is 0 Å². The van der Waals surface area contributed by atoms with Crippen LogP contribution < -0.4 is 0 Å². The Labute approximate surface area is 59.6 Å². The van der Waals surface area contributed by atoms with Crippen LogP contribution in [-0.2, 0) is 4.79 Å². The van der Waals surface area contributed by atoms with E-state index < -0.39 is 0 Å². The first kappa shape index (κ1) is 6.31. The smallest absolute Gasteiger partial charge is 0.136 e. The highest BCUT2D eigenvalue weighted by Crippen LogP contribution is 2.31. The van der Waals surface area contributed by atoms with Crippen LogP contribution in [0, 0.1) is 0 Å². The van der Waals surface area contributed by atoms with Gasteiger partial charge in [0.2, 0.25) is 0 Å². The maximum absolute atomic E-state index is 10.9. The summed E-state index contributed by atoms with van der Waals surface area (Å²) < 4.78 is 0. The zero-order valence-corrected chi connectivity index (χ0v) is 5.79. The number of carbonyl (C=O) groups excluding carboxylic acids is 1. The lowest BCUT2D eigenvalue weighted by Gasteiger charge is -2.27. The van der Waals surface area contributed by atoms with E-state index in [1.807, 2.05) is 0 Å². The van der Waals surface area contributed by atoms with Crippen molar-refractivity contribution >= 4 is 5.78 Å². The number of carbonyl (C=O) groups is 1. The maximum atomic E-state index is 10.9. The second-order valence-corrected chi connectivity index (χ2v) is 3.21. The first-order valence-corrected chi connectivity index (χ1v) is 3.76. The van der Waals surface area contributed by atoms with Gasteiger partial charge in [-0.3, -0.25) is 4.79 Å². The van der Waals surface area contributed by atoms with Gasteiger partial charge in [-0.1, -0.05) is 0 Å². The van der Waals surface area contributed by atoms with E-state index in [1.54, 1.807) is 0 Å². The van der Waals surface area contributed by atoms with Gasteiger partial charge in [0.1, 0.15) is 5.78 Å². The van der Waals surface area contributed by atoms with Crippen molar-refractivity contribution < 1.29 is 10.0 Å². The zero-order chi connectivity index (χ0) is 7.14. The fourth-order valence-electron chi connectivity index (χ4n) is 1.95. The molecule has 1 N–H and O–H groups in total. The minimum Gasteiger partial charge on any atom is -0.313 e. The minimum absolute atomic E-state index is 0.145. The Morgan fingerprint density at radius 3 is 2.30 bits per heavy atom. The van der Waals surface area contributed by atoms with Crippen LogP contribution in [0.25, 0.3) is 0 Å². The standard InChI is InChI=1S/C7H11NO2/c9-7-3-5-1-2-6(4-7)8(5)10/h5-6,10H,1-4H2/t5-,6-/m0/s1. The highest BCUT2D eigenvalue weighted by atomic mass is 16.5. The summed E-state index contributed by atoms with van der Waals surface area (Å²) >= 11 is 0. The van der Waals surface area contributed by atoms with Gasteiger partial charge in [0, 0.05) is 24.9 Å². The van der Waals surface area contributed by atoms with Gasteiger partial charge in [-0.25, -0.2) is 0 Å². The van der Waals surface area contributed by atoms with Crippen molar-refractivity contribution in [3.63, 3.8) is 0 Å². The Balaban J connectivity index is 2.16. The molecule has 0 aliphatic carbocycles. The largest absolute Gasteiger partial charge is 0.313 e. The number of ketones is 1. The molecule has 0 spiro atoms. The lowest BCUT2D eigenvalue weighted by atomic mass is 10.0. The van der Waals surface area contributed by atoms with Gasteiger partial charge < -0.3 is 5.21 Å². The lowest BCUT2D eigenvalue weighted by molar-refractivity contribution is -0.161. The summed E-state index contributed by atoms with van der Waals surface area (Å²) in [5.74, 6) is 0.317. The first-order chi connectivity index (χ1) is 4.77. The van der Waals surface area contributed by atoms with Crippen molar-refractivity contribution in [3.05, 3.63) is 0 Å². The number of hydroxylamine groups is 2. The van der Waals surface area contributed by atoms with Crippen LogP contribution in [-0.4, -0.2) is 28.1 Å². The third kappa shape index (κ3) is 0.777. The van der Waals surface area contributed by atoms with E-state index in [4.69, 9.17) is 0 Å². The zero-order valence-electron chi connectivity index (χ0n) is 5.79. The number of nitrogens with zero attached hydrogens (tertiary/aromatic N) is 1. The Hall–Kier alpha value is -0.410. The lowest BCUT2D eigenvalue weighted by Crippen LogP contribution is -2.40. The molecule has 0 amide bonds. The van der Waals surface area contributed by atoms with E-state index in [0.717, 1.165) is 12.8 Å². The van der Waals surface area contributed by atoms with Crippen LogP contribution in [0.5, 0.6) is 0 Å². The molecule has 2 fully saturated rings. The van der Waals surface area contributed by atoms with Gasteiger partial charge in [-0.2, -0.15) is 5.06 Å². The van der Waals surface area contributed by atoms with E-state index in [0.29, 0.717) is 18.6 Å². The molecule has 2 aliphatic rings. The summed E-state index contributed by atoms with van der Waals surface area (Å²) in [5.41, 5.74) is 0. The van der Waals surface area contributed by atoms with E-state index in [9.17, 15) is 10.0 Å². The first-order valence-electron chi connectivity index (χ1n) is 3.76. The van der Waals surface area contributed by atoms with E-state index in [-0.39, 0.29) is 12.1 Å². The molecule has 3 heteroatoms. The van der Waals surface area contributed by atoms with Crippen LogP contribution in [0.4, 0.5) is 0 Å². The van der Waals surface area contributed by atoms with Crippen molar-refractivity contribution in [1.82, 2.24) is 5.06 Å². The fourth-order valence-corrected chi connectivity index (χ4v) is 1.95. The Bertz CT molecular complexity index is 153. The van der Waals surface area contributed by atoms with Gasteiger partial charge in [0.05, 0.1) is 0 Å². The molecule has 2 rings (SSSR count). The molecule has 0 saturated carbocycles. The predicted octanol–water partition coefficient (Wildman–Crippen LogP) is 0.572. The van der Waals surface area contributed by atoms with Gasteiger partial charge in [0.15, 0.2) is 0 Å². The molecule has 2 bridgehead atoms. The van der Waals surface area contributed by atoms with Crippen LogP contribution in [0.2, 0.25) is 0 Å². The van der Waals surface area contributed by atoms with E-state index in [2.05, 4.69) is 0 Å². The molecule has 2 saturated heterocycles. The number of rotatable bonds is 0. The fraction of sp³-hybridized carbons (Fsp3) is 0.857. The van der Waals surface area contributed by atoms with Crippen molar-refractivity contribution in [2.75, 3.05) is 0 Å². The third-order valence-electron chi connectivity index (χ3n) is 2.51. The number of Topliss-reactive ketones (excluding diaryl/α,β-unsaturated/α-hetero) is 1. The van der Waals surface area contributed by atoms with Crippen LogP contribution in [0.15, 0.2) is 0 Å². The van der Waals surface area contributed by atoms with Gasteiger partial charge in [0.25, 0.3) is 0 Å². The van der Waals surface area contributed by atoms with Crippen LogP contribution in [0.1, 0.15) is 25.7 Å². The predicted molar refractivity (Wildman–Crippen MR) is 34.7 cm³/mol. The number of piperidine rings is 1. The summed E-state index contributed by atoms with van der Waals surface area (Å²) in [6.07, 6.45) is 3.11.